The maximum absolute atomic E-state index is 10.8. The van der Waals surface area contributed by atoms with Crippen molar-refractivity contribution in [3.8, 4) is 5.75 Å². The highest BCUT2D eigenvalue weighted by molar-refractivity contribution is 5.71. The van der Waals surface area contributed by atoms with Gasteiger partial charge >= 0.3 is 5.97 Å². The Balaban J connectivity index is 0.000000275. The van der Waals surface area contributed by atoms with E-state index in [1.54, 1.807) is 32.7 Å². The van der Waals surface area contributed by atoms with Gasteiger partial charge in [0.05, 0.1) is 12.5 Å². The van der Waals surface area contributed by atoms with Crippen LogP contribution in [0.25, 0.3) is 0 Å². The summed E-state index contributed by atoms with van der Waals surface area (Å²) in [5.74, 6) is 0.702. The molecule has 0 saturated heterocycles. The minimum atomic E-state index is -0.435. The van der Waals surface area contributed by atoms with Crippen LogP contribution in [0.2, 0.25) is 0 Å². The third-order valence-electron chi connectivity index (χ3n) is 3.78. The molecule has 6 heteroatoms. The van der Waals surface area contributed by atoms with Crippen LogP contribution in [-0.2, 0) is 31.9 Å². The molecule has 1 amide bonds. The number of methoxy groups -OCH3 is 1. The average molecular weight is 351 g/mol. The number of benzene rings is 1. The molecule has 0 saturated carbocycles. The lowest BCUT2D eigenvalue weighted by atomic mass is 10.1. The van der Waals surface area contributed by atoms with E-state index in [0.29, 0.717) is 0 Å². The summed E-state index contributed by atoms with van der Waals surface area (Å²) in [6.45, 7) is 6.80. The van der Waals surface area contributed by atoms with Gasteiger partial charge in [0.2, 0.25) is 6.41 Å². The Morgan fingerprint density at radius 1 is 1.36 bits per heavy atom. The molecule has 0 spiro atoms. The molecule has 0 N–H and O–H groups in total. The van der Waals surface area contributed by atoms with Gasteiger partial charge in [0.1, 0.15) is 5.75 Å². The number of likely N-dealkylation sites (N-methyl/N-ethyl adjacent to an activating group) is 1. The second-order valence-electron chi connectivity index (χ2n) is 6.27. The van der Waals surface area contributed by atoms with Crippen LogP contribution in [0, 0.1) is 5.92 Å². The molecule has 0 bridgehead atoms. The minimum absolute atomic E-state index is 0.0856. The Kier molecular flexibility index (Phi) is 8.99. The third kappa shape index (κ3) is 7.56. The molecule has 2 rings (SSSR count). The van der Waals surface area contributed by atoms with Crippen molar-refractivity contribution >= 4 is 12.4 Å². The van der Waals surface area contributed by atoms with Gasteiger partial charge in [-0.2, -0.15) is 0 Å². The van der Waals surface area contributed by atoms with Crippen LogP contribution in [0.3, 0.4) is 0 Å². The highest BCUT2D eigenvalue weighted by Gasteiger charge is 2.12. The van der Waals surface area contributed by atoms with Crippen molar-refractivity contribution in [3.63, 3.8) is 0 Å². The predicted molar refractivity (Wildman–Crippen MR) is 95.4 cm³/mol. The highest BCUT2D eigenvalue weighted by Crippen LogP contribution is 2.26. The third-order valence-corrected chi connectivity index (χ3v) is 3.78. The Labute approximate surface area is 150 Å². The summed E-state index contributed by atoms with van der Waals surface area (Å²) >= 11 is 0. The number of hydrogen-bond acceptors (Lipinski definition) is 5. The predicted octanol–water partition coefficient (Wildman–Crippen LogP) is 2.43. The molecular weight excluding hydrogens is 322 g/mol. The van der Waals surface area contributed by atoms with Gasteiger partial charge in [0.15, 0.2) is 6.29 Å². The van der Waals surface area contributed by atoms with E-state index in [2.05, 4.69) is 18.2 Å². The van der Waals surface area contributed by atoms with Gasteiger partial charge in [0, 0.05) is 27.1 Å². The lowest BCUT2D eigenvalue weighted by molar-refractivity contribution is -0.173. The number of fused-ring (bicyclic) bond motifs is 1. The molecule has 1 atom stereocenters. The summed E-state index contributed by atoms with van der Waals surface area (Å²) < 4.78 is 15.0. The van der Waals surface area contributed by atoms with Crippen molar-refractivity contribution in [2.75, 3.05) is 27.3 Å². The van der Waals surface area contributed by atoms with E-state index in [1.807, 2.05) is 0 Å². The first-order valence-corrected chi connectivity index (χ1v) is 8.50. The molecule has 1 aliphatic rings. The van der Waals surface area contributed by atoms with Crippen LogP contribution in [0.5, 0.6) is 5.75 Å². The summed E-state index contributed by atoms with van der Waals surface area (Å²) in [5, 5.41) is 0. The second-order valence-corrected chi connectivity index (χ2v) is 6.27. The summed E-state index contributed by atoms with van der Waals surface area (Å²) in [4.78, 5) is 22.9. The zero-order chi connectivity index (χ0) is 18.8. The number of carbonyl (C=O) groups is 2. The van der Waals surface area contributed by atoms with Crippen LogP contribution < -0.4 is 4.74 Å². The van der Waals surface area contributed by atoms with Gasteiger partial charge in [-0.1, -0.05) is 26.0 Å². The van der Waals surface area contributed by atoms with Gasteiger partial charge in [-0.25, -0.2) is 0 Å². The van der Waals surface area contributed by atoms with Crippen LogP contribution in [-0.4, -0.2) is 50.9 Å². The first-order valence-electron chi connectivity index (χ1n) is 8.50. The number of esters is 1. The molecule has 1 aromatic rings. The molecule has 1 heterocycles. The van der Waals surface area contributed by atoms with Crippen LogP contribution in [0.4, 0.5) is 0 Å². The maximum atomic E-state index is 10.8. The lowest BCUT2D eigenvalue weighted by Gasteiger charge is -2.12. The zero-order valence-corrected chi connectivity index (χ0v) is 15.8. The molecule has 6 nitrogen and oxygen atoms in total. The van der Waals surface area contributed by atoms with Crippen LogP contribution >= 0.6 is 0 Å². The van der Waals surface area contributed by atoms with Crippen molar-refractivity contribution in [3.05, 3.63) is 29.3 Å². The standard InChI is InChI=1S/C12H15NO2.C7H14O3/c1-13(9-14)6-4-10-2-3-11-5-7-15-12(11)8-10;1-5(2)7(8)10-6(3)9-4/h2-3,8-9H,4-7H2,1H3;5-6H,1-4H3. The number of carbonyl (C=O) groups excluding carboxylic acids is 2. The largest absolute Gasteiger partial charge is 0.493 e. The van der Waals surface area contributed by atoms with Gasteiger partial charge < -0.3 is 19.1 Å². The molecular formula is C19H29NO5. The SMILES string of the molecule is CN(C=O)CCc1ccc2c(c1)OCC2.COC(C)OC(=O)C(C)C. The Morgan fingerprint density at radius 3 is 2.68 bits per heavy atom. The molecule has 0 aliphatic carbocycles. The fourth-order valence-corrected chi connectivity index (χ4v) is 2.07. The maximum Gasteiger partial charge on any atom is 0.310 e. The molecule has 140 valence electrons. The van der Waals surface area contributed by atoms with Gasteiger partial charge in [-0.15, -0.1) is 0 Å². The number of rotatable bonds is 7. The van der Waals surface area contributed by atoms with Crippen molar-refractivity contribution < 1.29 is 23.8 Å². The van der Waals surface area contributed by atoms with E-state index in [-0.39, 0.29) is 11.9 Å². The van der Waals surface area contributed by atoms with E-state index < -0.39 is 6.29 Å². The quantitative estimate of drug-likeness (QED) is 0.429. The minimum Gasteiger partial charge on any atom is -0.493 e. The van der Waals surface area contributed by atoms with E-state index in [1.165, 1.54) is 18.2 Å². The Hall–Kier alpha value is -2.08. The number of ether oxygens (including phenoxy) is 3. The molecule has 1 unspecified atom stereocenters. The van der Waals surface area contributed by atoms with Crippen molar-refractivity contribution in [1.29, 1.82) is 0 Å². The number of amides is 1. The number of hydrogen-bond donors (Lipinski definition) is 0. The average Bonchev–Trinajstić information content (AvgIpc) is 3.07. The van der Waals surface area contributed by atoms with Gasteiger partial charge in [-0.05, 0) is 30.5 Å². The Bertz CT molecular complexity index is 559. The summed E-state index contributed by atoms with van der Waals surface area (Å²) in [5.41, 5.74) is 2.52. The van der Waals surface area contributed by atoms with Crippen LogP contribution in [0.1, 0.15) is 31.9 Å². The Morgan fingerprint density at radius 2 is 2.08 bits per heavy atom. The molecule has 0 aromatic heterocycles. The van der Waals surface area contributed by atoms with E-state index in [9.17, 15) is 9.59 Å². The topological polar surface area (TPSA) is 65.1 Å². The first-order chi connectivity index (χ1) is 11.9. The summed E-state index contributed by atoms with van der Waals surface area (Å²) in [7, 11) is 3.29. The van der Waals surface area contributed by atoms with Crippen molar-refractivity contribution in [2.24, 2.45) is 5.92 Å². The van der Waals surface area contributed by atoms with Crippen molar-refractivity contribution in [1.82, 2.24) is 4.90 Å². The van der Waals surface area contributed by atoms with Gasteiger partial charge in [0.25, 0.3) is 0 Å². The smallest absolute Gasteiger partial charge is 0.310 e. The molecule has 25 heavy (non-hydrogen) atoms. The highest BCUT2D eigenvalue weighted by atomic mass is 16.7. The first kappa shape index (κ1) is 21.0. The fraction of sp³-hybridized carbons (Fsp3) is 0.579. The summed E-state index contributed by atoms with van der Waals surface area (Å²) in [6.07, 6.45) is 2.31. The molecule has 0 radical (unpaired) electrons. The van der Waals surface area contributed by atoms with E-state index >= 15 is 0 Å². The lowest BCUT2D eigenvalue weighted by Crippen LogP contribution is -2.20. The normalized spacial score (nSPS) is 13.2. The molecule has 1 aromatic carbocycles. The van der Waals surface area contributed by atoms with Crippen molar-refractivity contribution in [2.45, 2.75) is 39.9 Å². The van der Waals surface area contributed by atoms with Crippen LogP contribution in [0.15, 0.2) is 18.2 Å². The van der Waals surface area contributed by atoms with Gasteiger partial charge in [-0.3, -0.25) is 9.59 Å². The molecule has 1 aliphatic heterocycles. The monoisotopic (exact) mass is 351 g/mol. The van der Waals surface area contributed by atoms with E-state index in [0.717, 1.165) is 38.2 Å². The molecule has 0 fully saturated rings. The fourth-order valence-electron chi connectivity index (χ4n) is 2.07. The summed E-state index contributed by atoms with van der Waals surface area (Å²) in [6, 6.07) is 6.33. The number of nitrogens with zero attached hydrogens (tertiary/aromatic N) is 1. The van der Waals surface area contributed by atoms with E-state index in [4.69, 9.17) is 14.2 Å². The zero-order valence-electron chi connectivity index (χ0n) is 15.8. The second kappa shape index (κ2) is 10.7.